The Hall–Kier alpha value is -2.26. The highest BCUT2D eigenvalue weighted by Gasteiger charge is 2.35. The van der Waals surface area contributed by atoms with E-state index in [4.69, 9.17) is 22.2 Å². The third-order valence-corrected chi connectivity index (χ3v) is 3.85. The number of aromatic nitrogens is 2. The summed E-state index contributed by atoms with van der Waals surface area (Å²) in [7, 11) is 0. The normalized spacial score (nSPS) is 11.8. The topological polar surface area (TPSA) is 79.2 Å². The first kappa shape index (κ1) is 19.1. The molecule has 0 unspecified atom stereocenters. The van der Waals surface area contributed by atoms with Gasteiger partial charge < -0.3 is 10.6 Å². The molecule has 0 aliphatic heterocycles. The van der Waals surface area contributed by atoms with E-state index in [-0.39, 0.29) is 23.0 Å². The summed E-state index contributed by atoms with van der Waals surface area (Å²) in [4.78, 5) is 24.4. The lowest BCUT2D eigenvalue weighted by molar-refractivity contribution is -0.143. The molecule has 2 aromatic rings. The molecule has 0 radical (unpaired) electrons. The lowest BCUT2D eigenvalue weighted by atomic mass is 10.1. The monoisotopic (exact) mass is 377 g/mol. The van der Waals surface area contributed by atoms with Crippen LogP contribution in [0.4, 0.5) is 13.2 Å². The minimum absolute atomic E-state index is 0.0852. The minimum atomic E-state index is -4.93. The van der Waals surface area contributed by atoms with Crippen LogP contribution < -0.4 is 17.1 Å². The number of aryl methyl sites for hydroxylation is 1. The van der Waals surface area contributed by atoms with E-state index in [0.717, 1.165) is 0 Å². The number of ether oxygens (including phenoxy) is 1. The summed E-state index contributed by atoms with van der Waals surface area (Å²) in [6.07, 6.45) is -4.93. The van der Waals surface area contributed by atoms with Crippen molar-refractivity contribution in [2.45, 2.75) is 26.6 Å². The zero-order valence-corrected chi connectivity index (χ0v) is 14.1. The summed E-state index contributed by atoms with van der Waals surface area (Å²) < 4.78 is 44.3. The Bertz CT molecular complexity index is 919. The summed E-state index contributed by atoms with van der Waals surface area (Å²) in [5, 5.41) is 0.350. The molecule has 10 heteroatoms. The number of nitrogen functional groups attached to an aromatic ring is 1. The Balaban J connectivity index is 2.73. The molecule has 0 saturated carbocycles. The molecule has 1 aromatic heterocycles. The van der Waals surface area contributed by atoms with E-state index >= 15 is 0 Å². The van der Waals surface area contributed by atoms with Gasteiger partial charge in [0, 0.05) is 17.7 Å². The van der Waals surface area contributed by atoms with Crippen molar-refractivity contribution in [3.63, 3.8) is 0 Å². The number of rotatable bonds is 4. The molecule has 0 aliphatic carbocycles. The number of alkyl halides is 3. The van der Waals surface area contributed by atoms with Crippen LogP contribution in [0.2, 0.25) is 5.02 Å². The Morgan fingerprint density at radius 2 is 1.88 bits per heavy atom. The zero-order chi connectivity index (χ0) is 18.9. The Morgan fingerprint density at radius 1 is 1.24 bits per heavy atom. The summed E-state index contributed by atoms with van der Waals surface area (Å²) in [6.45, 7) is 3.87. The van der Waals surface area contributed by atoms with Gasteiger partial charge in [0.1, 0.15) is 0 Å². The van der Waals surface area contributed by atoms with Gasteiger partial charge >= 0.3 is 11.9 Å². The Kier molecular flexibility index (Phi) is 5.28. The predicted octanol–water partition coefficient (Wildman–Crippen LogP) is 2.23. The van der Waals surface area contributed by atoms with Gasteiger partial charge in [0.2, 0.25) is 0 Å². The maximum absolute atomic E-state index is 12.9. The molecule has 0 amide bonds. The van der Waals surface area contributed by atoms with Crippen LogP contribution in [-0.4, -0.2) is 15.9 Å². The summed E-state index contributed by atoms with van der Waals surface area (Å²) in [5.74, 6) is 5.25. The molecule has 0 bridgehead atoms. The van der Waals surface area contributed by atoms with E-state index in [2.05, 4.69) is 0 Å². The van der Waals surface area contributed by atoms with E-state index < -0.39 is 23.1 Å². The first-order valence-electron chi connectivity index (χ1n) is 7.16. The minimum Gasteiger partial charge on any atom is -0.377 e. The van der Waals surface area contributed by atoms with E-state index in [1.54, 1.807) is 13.8 Å². The van der Waals surface area contributed by atoms with Crippen LogP contribution in [0.3, 0.4) is 0 Å². The van der Waals surface area contributed by atoms with Gasteiger partial charge in [0.05, 0.1) is 12.3 Å². The smallest absolute Gasteiger partial charge is 0.377 e. The number of benzene rings is 1. The summed E-state index contributed by atoms with van der Waals surface area (Å²) in [6, 6.07) is 3.19. The molecule has 1 heterocycles. The molecule has 25 heavy (non-hydrogen) atoms. The van der Waals surface area contributed by atoms with Crippen molar-refractivity contribution in [2.75, 3.05) is 12.4 Å². The van der Waals surface area contributed by atoms with Gasteiger partial charge in [-0.2, -0.15) is 13.2 Å². The number of halogens is 4. The first-order valence-corrected chi connectivity index (χ1v) is 7.54. The SMILES string of the molecule is CCOCc1cc(-n2c(=O)cc(C(F)(F)F)n(N)c2=O)c(C)cc1Cl. The van der Waals surface area contributed by atoms with Crippen molar-refractivity contribution in [1.29, 1.82) is 0 Å². The number of hydrogen-bond donors (Lipinski definition) is 1. The van der Waals surface area contributed by atoms with Crippen LogP contribution in [0.15, 0.2) is 27.8 Å². The largest absolute Gasteiger partial charge is 0.433 e. The molecule has 6 nitrogen and oxygen atoms in total. The van der Waals surface area contributed by atoms with Gasteiger partial charge in [0.15, 0.2) is 5.69 Å². The fraction of sp³-hybridized carbons (Fsp3) is 0.333. The molecule has 0 spiro atoms. The van der Waals surface area contributed by atoms with Crippen LogP contribution in [0, 0.1) is 6.92 Å². The molecular formula is C15H15ClF3N3O3. The lowest BCUT2D eigenvalue weighted by Crippen LogP contribution is -2.45. The fourth-order valence-electron chi connectivity index (χ4n) is 2.26. The average Bonchev–Trinajstić information content (AvgIpc) is 2.50. The maximum Gasteiger partial charge on any atom is 0.433 e. The van der Waals surface area contributed by atoms with Crippen molar-refractivity contribution in [3.8, 4) is 5.69 Å². The standard InChI is InChI=1S/C15H15ClF3N3O3/c1-3-25-7-9-5-11(8(2)4-10(9)16)21-13(23)6-12(15(17,18)19)22(20)14(21)24/h4-6H,3,7,20H2,1-2H3. The van der Waals surface area contributed by atoms with Crippen LogP contribution >= 0.6 is 11.6 Å². The Labute approximate surface area is 145 Å². The fourth-order valence-corrected chi connectivity index (χ4v) is 2.54. The summed E-state index contributed by atoms with van der Waals surface area (Å²) in [5.41, 5.74) is -3.00. The third-order valence-electron chi connectivity index (χ3n) is 3.50. The number of hydrogen-bond acceptors (Lipinski definition) is 4. The van der Waals surface area contributed by atoms with Gasteiger partial charge in [-0.05, 0) is 37.1 Å². The predicted molar refractivity (Wildman–Crippen MR) is 86.5 cm³/mol. The third kappa shape index (κ3) is 3.72. The second-order valence-electron chi connectivity index (χ2n) is 5.22. The molecule has 0 aliphatic rings. The highest BCUT2D eigenvalue weighted by atomic mass is 35.5. The Morgan fingerprint density at radius 3 is 2.44 bits per heavy atom. The van der Waals surface area contributed by atoms with Crippen LogP contribution in [0.5, 0.6) is 0 Å². The molecule has 136 valence electrons. The lowest BCUT2D eigenvalue weighted by Gasteiger charge is -2.16. The van der Waals surface area contributed by atoms with Crippen LogP contribution in [0.25, 0.3) is 5.69 Å². The van der Waals surface area contributed by atoms with E-state index in [9.17, 15) is 22.8 Å². The summed E-state index contributed by atoms with van der Waals surface area (Å²) >= 11 is 6.10. The second kappa shape index (κ2) is 6.93. The molecule has 2 rings (SSSR count). The van der Waals surface area contributed by atoms with Crippen LogP contribution in [0.1, 0.15) is 23.7 Å². The molecule has 2 N–H and O–H groups in total. The second-order valence-corrected chi connectivity index (χ2v) is 5.63. The van der Waals surface area contributed by atoms with Gasteiger partial charge in [-0.15, -0.1) is 0 Å². The first-order chi connectivity index (χ1) is 11.6. The number of nitrogens with zero attached hydrogens (tertiary/aromatic N) is 2. The molecular weight excluding hydrogens is 363 g/mol. The molecule has 0 saturated heterocycles. The maximum atomic E-state index is 12.9. The van der Waals surface area contributed by atoms with Gasteiger partial charge in [-0.1, -0.05) is 11.6 Å². The zero-order valence-electron chi connectivity index (χ0n) is 13.4. The van der Waals surface area contributed by atoms with E-state index in [1.165, 1.54) is 12.1 Å². The highest BCUT2D eigenvalue weighted by Crippen LogP contribution is 2.27. The number of nitrogens with two attached hydrogens (primary N) is 1. The van der Waals surface area contributed by atoms with Gasteiger partial charge in [-0.3, -0.25) is 4.79 Å². The van der Waals surface area contributed by atoms with E-state index in [0.29, 0.717) is 27.3 Å². The molecule has 0 fully saturated rings. The van der Waals surface area contributed by atoms with Gasteiger partial charge in [-0.25, -0.2) is 14.0 Å². The average molecular weight is 378 g/mol. The van der Waals surface area contributed by atoms with E-state index in [1.807, 2.05) is 0 Å². The van der Waals surface area contributed by atoms with Crippen molar-refractivity contribution < 1.29 is 17.9 Å². The van der Waals surface area contributed by atoms with Gasteiger partial charge in [0.25, 0.3) is 5.56 Å². The quantitative estimate of drug-likeness (QED) is 0.829. The molecule has 0 atom stereocenters. The van der Waals surface area contributed by atoms with Crippen molar-refractivity contribution in [3.05, 3.63) is 60.9 Å². The van der Waals surface area contributed by atoms with Crippen molar-refractivity contribution >= 4 is 11.6 Å². The molecule has 1 aromatic carbocycles. The van der Waals surface area contributed by atoms with Crippen molar-refractivity contribution in [2.24, 2.45) is 0 Å². The van der Waals surface area contributed by atoms with Crippen molar-refractivity contribution in [1.82, 2.24) is 9.24 Å². The highest BCUT2D eigenvalue weighted by molar-refractivity contribution is 6.31. The van der Waals surface area contributed by atoms with Crippen LogP contribution in [-0.2, 0) is 17.5 Å².